The minimum absolute atomic E-state index is 0.0647. The van der Waals surface area contributed by atoms with Crippen molar-refractivity contribution >= 4 is 39.9 Å². The number of hydrogen-bond acceptors (Lipinski definition) is 6. The average Bonchev–Trinajstić information content (AvgIpc) is 2.97. The number of aryl methyl sites for hydroxylation is 3. The number of hydrogen-bond donors (Lipinski definition) is 1. The predicted octanol–water partition coefficient (Wildman–Crippen LogP) is 3.53. The Kier molecular flexibility index (Phi) is 5.11. The van der Waals surface area contributed by atoms with Crippen molar-refractivity contribution in [3.63, 3.8) is 0 Å². The second kappa shape index (κ2) is 7.27. The van der Waals surface area contributed by atoms with Gasteiger partial charge < -0.3 is 5.32 Å². The first-order chi connectivity index (χ1) is 11.5. The van der Waals surface area contributed by atoms with E-state index < -0.39 is 0 Å². The van der Waals surface area contributed by atoms with E-state index in [4.69, 9.17) is 0 Å². The predicted molar refractivity (Wildman–Crippen MR) is 98.9 cm³/mol. The van der Waals surface area contributed by atoms with Crippen molar-refractivity contribution in [2.45, 2.75) is 25.1 Å². The van der Waals surface area contributed by atoms with E-state index in [1.807, 2.05) is 45.0 Å². The summed E-state index contributed by atoms with van der Waals surface area (Å²) < 4.78 is 0.933. The van der Waals surface area contributed by atoms with Crippen molar-refractivity contribution in [1.29, 1.82) is 0 Å². The Balaban J connectivity index is 1.69. The first-order valence-electron chi connectivity index (χ1n) is 7.62. The van der Waals surface area contributed by atoms with Gasteiger partial charge in [-0.1, -0.05) is 41.3 Å². The van der Waals surface area contributed by atoms with E-state index in [9.17, 15) is 4.79 Å². The first-order valence-corrected chi connectivity index (χ1v) is 9.43. The number of amides is 1. The van der Waals surface area contributed by atoms with Gasteiger partial charge in [0.2, 0.25) is 0 Å². The largest absolute Gasteiger partial charge is 0.351 e. The molecule has 1 amide bonds. The third kappa shape index (κ3) is 3.73. The quantitative estimate of drug-likeness (QED) is 0.558. The molecule has 0 radical (unpaired) electrons. The molecule has 3 rings (SSSR count). The lowest BCUT2D eigenvalue weighted by atomic mass is 10.0. The van der Waals surface area contributed by atoms with Crippen molar-refractivity contribution in [1.82, 2.24) is 20.5 Å². The summed E-state index contributed by atoms with van der Waals surface area (Å²) in [6.07, 6.45) is 0. The molecule has 1 N–H and O–H groups in total. The minimum atomic E-state index is -0.0647. The van der Waals surface area contributed by atoms with Crippen molar-refractivity contribution in [2.75, 3.05) is 12.3 Å². The van der Waals surface area contributed by atoms with Gasteiger partial charge in [-0.05, 0) is 32.4 Å². The Morgan fingerprint density at radius 2 is 2.08 bits per heavy atom. The molecule has 0 unspecified atom stereocenters. The van der Waals surface area contributed by atoms with Crippen LogP contribution in [0.3, 0.4) is 0 Å². The van der Waals surface area contributed by atoms with Gasteiger partial charge >= 0.3 is 0 Å². The van der Waals surface area contributed by atoms with Gasteiger partial charge in [-0.25, -0.2) is 0 Å². The molecular weight excluding hydrogens is 340 g/mol. The van der Waals surface area contributed by atoms with Gasteiger partial charge in [-0.15, -0.1) is 10.2 Å². The number of pyridine rings is 1. The average molecular weight is 358 g/mol. The van der Waals surface area contributed by atoms with E-state index in [0.29, 0.717) is 12.1 Å². The smallest absolute Gasteiger partial charge is 0.252 e. The topological polar surface area (TPSA) is 67.8 Å². The molecule has 3 aromatic rings. The van der Waals surface area contributed by atoms with Crippen LogP contribution >= 0.6 is 23.1 Å². The van der Waals surface area contributed by atoms with Crippen LogP contribution in [-0.2, 0) is 0 Å². The number of aromatic nitrogens is 3. The number of nitrogens with zero attached hydrogens (tertiary/aromatic N) is 3. The van der Waals surface area contributed by atoms with Gasteiger partial charge in [0.15, 0.2) is 4.34 Å². The van der Waals surface area contributed by atoms with Gasteiger partial charge in [-0.3, -0.25) is 9.78 Å². The highest BCUT2D eigenvalue weighted by atomic mass is 32.2. The van der Waals surface area contributed by atoms with Crippen LogP contribution in [0.15, 0.2) is 28.6 Å². The van der Waals surface area contributed by atoms with E-state index in [0.717, 1.165) is 37.3 Å². The molecule has 124 valence electrons. The normalized spacial score (nSPS) is 11.0. The Morgan fingerprint density at radius 1 is 1.25 bits per heavy atom. The highest BCUT2D eigenvalue weighted by molar-refractivity contribution is 8.01. The maximum Gasteiger partial charge on any atom is 0.252 e. The fourth-order valence-corrected chi connectivity index (χ4v) is 4.18. The highest BCUT2D eigenvalue weighted by Crippen LogP contribution is 2.22. The van der Waals surface area contributed by atoms with Crippen molar-refractivity contribution in [2.24, 2.45) is 0 Å². The van der Waals surface area contributed by atoms with Crippen LogP contribution in [0.5, 0.6) is 0 Å². The number of fused-ring (bicyclic) bond motifs is 1. The van der Waals surface area contributed by atoms with Gasteiger partial charge in [0.1, 0.15) is 5.01 Å². The third-order valence-corrected chi connectivity index (χ3v) is 5.51. The Morgan fingerprint density at radius 3 is 2.83 bits per heavy atom. The Labute approximate surface area is 148 Å². The van der Waals surface area contributed by atoms with E-state index >= 15 is 0 Å². The van der Waals surface area contributed by atoms with Gasteiger partial charge in [0.25, 0.3) is 5.91 Å². The van der Waals surface area contributed by atoms with Gasteiger partial charge in [0, 0.05) is 23.4 Å². The molecule has 0 aliphatic carbocycles. The number of carbonyl (C=O) groups excluding carboxylic acids is 1. The van der Waals surface area contributed by atoms with E-state index in [1.54, 1.807) is 23.1 Å². The molecule has 0 fully saturated rings. The summed E-state index contributed by atoms with van der Waals surface area (Å²) in [5, 5.41) is 12.9. The van der Waals surface area contributed by atoms with E-state index in [1.165, 1.54) is 0 Å². The number of carbonyl (C=O) groups is 1. The number of para-hydroxylation sites is 1. The molecule has 24 heavy (non-hydrogen) atoms. The zero-order valence-corrected chi connectivity index (χ0v) is 15.4. The van der Waals surface area contributed by atoms with E-state index in [2.05, 4.69) is 20.5 Å². The standard InChI is InChI=1S/C17H18N4OS2/c1-10-5-4-6-13-14(9-11(2)19-15(10)13)16(22)18-7-8-23-17-21-20-12(3)24-17/h4-6,9H,7-8H2,1-3H3,(H,18,22). The third-order valence-electron chi connectivity index (χ3n) is 3.53. The zero-order valence-electron chi connectivity index (χ0n) is 13.8. The fraction of sp³-hybridized carbons (Fsp3) is 0.294. The summed E-state index contributed by atoms with van der Waals surface area (Å²) in [6.45, 7) is 6.44. The van der Waals surface area contributed by atoms with Gasteiger partial charge in [0.05, 0.1) is 11.1 Å². The summed E-state index contributed by atoms with van der Waals surface area (Å²) in [6, 6.07) is 7.76. The molecule has 2 aromatic heterocycles. The lowest BCUT2D eigenvalue weighted by Gasteiger charge is -2.10. The molecule has 0 saturated heterocycles. The van der Waals surface area contributed by atoms with Crippen molar-refractivity contribution < 1.29 is 4.79 Å². The molecule has 2 heterocycles. The Hall–Kier alpha value is -1.99. The zero-order chi connectivity index (χ0) is 17.1. The van der Waals surface area contributed by atoms with Crippen LogP contribution in [0.25, 0.3) is 10.9 Å². The molecule has 1 aromatic carbocycles. The number of benzene rings is 1. The van der Waals surface area contributed by atoms with Crippen molar-refractivity contribution in [3.05, 3.63) is 46.1 Å². The molecule has 0 spiro atoms. The Bertz CT molecular complexity index is 891. The molecule has 7 heteroatoms. The lowest BCUT2D eigenvalue weighted by Crippen LogP contribution is -2.26. The number of nitrogens with one attached hydrogen (secondary N) is 1. The number of thioether (sulfide) groups is 1. The second-order valence-corrected chi connectivity index (χ2v) is 8.00. The SMILES string of the molecule is Cc1cc(C(=O)NCCSc2nnc(C)s2)c2cccc(C)c2n1. The van der Waals surface area contributed by atoms with E-state index in [-0.39, 0.29) is 5.91 Å². The monoisotopic (exact) mass is 358 g/mol. The molecule has 0 atom stereocenters. The maximum absolute atomic E-state index is 12.6. The van der Waals surface area contributed by atoms with Crippen LogP contribution in [-0.4, -0.2) is 33.4 Å². The summed E-state index contributed by atoms with van der Waals surface area (Å²) in [5.74, 6) is 0.701. The molecule has 5 nitrogen and oxygen atoms in total. The van der Waals surface area contributed by atoms with Crippen LogP contribution in [0, 0.1) is 20.8 Å². The molecule has 0 aliphatic rings. The minimum Gasteiger partial charge on any atom is -0.351 e. The number of rotatable bonds is 5. The van der Waals surface area contributed by atoms with Crippen LogP contribution in [0.1, 0.15) is 26.6 Å². The van der Waals surface area contributed by atoms with Gasteiger partial charge in [-0.2, -0.15) is 0 Å². The summed E-state index contributed by atoms with van der Waals surface area (Å²) >= 11 is 3.17. The molecule has 0 saturated carbocycles. The maximum atomic E-state index is 12.6. The summed E-state index contributed by atoms with van der Waals surface area (Å²) in [7, 11) is 0. The van der Waals surface area contributed by atoms with Crippen LogP contribution < -0.4 is 5.32 Å². The lowest BCUT2D eigenvalue weighted by molar-refractivity contribution is 0.0957. The summed E-state index contributed by atoms with van der Waals surface area (Å²) in [5.41, 5.74) is 3.49. The second-order valence-electron chi connectivity index (χ2n) is 5.47. The molecular formula is C17H18N4OS2. The molecule has 0 bridgehead atoms. The van der Waals surface area contributed by atoms with Crippen molar-refractivity contribution in [3.8, 4) is 0 Å². The van der Waals surface area contributed by atoms with Crippen LogP contribution in [0.4, 0.5) is 0 Å². The highest BCUT2D eigenvalue weighted by Gasteiger charge is 2.12. The fourth-order valence-electron chi connectivity index (χ4n) is 2.44. The summed E-state index contributed by atoms with van der Waals surface area (Å²) in [4.78, 5) is 17.1. The molecule has 0 aliphatic heterocycles. The van der Waals surface area contributed by atoms with Crippen LogP contribution in [0.2, 0.25) is 0 Å². The first kappa shape index (κ1) is 16.9.